The van der Waals surface area contributed by atoms with Crippen molar-refractivity contribution in [2.24, 2.45) is 0 Å². The summed E-state index contributed by atoms with van der Waals surface area (Å²) >= 11 is 5.97. The minimum absolute atomic E-state index is 0.126. The fourth-order valence-corrected chi connectivity index (χ4v) is 2.94. The van der Waals surface area contributed by atoms with Crippen molar-refractivity contribution in [2.75, 3.05) is 13.7 Å². The molecule has 1 N–H and O–H groups in total. The molecule has 7 nitrogen and oxygen atoms in total. The molecule has 1 amide bonds. The predicted octanol–water partition coefficient (Wildman–Crippen LogP) is 3.59. The minimum atomic E-state index is -1.49. The molecule has 0 heterocycles. The van der Waals surface area contributed by atoms with Crippen molar-refractivity contribution in [3.8, 4) is 11.1 Å². The zero-order valence-electron chi connectivity index (χ0n) is 17.8. The zero-order chi connectivity index (χ0) is 23.2. The summed E-state index contributed by atoms with van der Waals surface area (Å²) in [6.07, 6.45) is -1.04. The molecule has 0 aliphatic rings. The Morgan fingerprint density at radius 1 is 1.23 bits per heavy atom. The van der Waals surface area contributed by atoms with E-state index in [-0.39, 0.29) is 13.1 Å². The van der Waals surface area contributed by atoms with Gasteiger partial charge < -0.3 is 9.84 Å². The molecule has 0 bridgehead atoms. The highest BCUT2D eigenvalue weighted by atomic mass is 35.5. The van der Waals surface area contributed by atoms with E-state index in [9.17, 15) is 19.1 Å². The van der Waals surface area contributed by atoms with Crippen LogP contribution in [0.4, 0.5) is 4.39 Å². The van der Waals surface area contributed by atoms with Gasteiger partial charge in [-0.05, 0) is 50.1 Å². The molecule has 0 fully saturated rings. The average molecular weight is 453 g/mol. The van der Waals surface area contributed by atoms with Crippen LogP contribution in [0.15, 0.2) is 42.5 Å². The predicted molar refractivity (Wildman–Crippen MR) is 114 cm³/mol. The van der Waals surface area contributed by atoms with Crippen LogP contribution in [0.1, 0.15) is 26.3 Å². The van der Waals surface area contributed by atoms with E-state index >= 15 is 0 Å². The molecule has 9 heteroatoms. The molecule has 0 spiro atoms. The van der Waals surface area contributed by atoms with Crippen molar-refractivity contribution in [3.63, 3.8) is 0 Å². The van der Waals surface area contributed by atoms with Crippen LogP contribution in [0, 0.1) is 5.82 Å². The first kappa shape index (κ1) is 24.7. The summed E-state index contributed by atoms with van der Waals surface area (Å²) < 4.78 is 18.7. The Labute approximate surface area is 185 Å². The number of ether oxygens (including phenoxy) is 1. The first-order chi connectivity index (χ1) is 14.5. The number of amides is 1. The standard InChI is InChI=1S/C22H26ClFN2O5/c1-22(2,3)31-26(14-27)25(13-20(28)21(29)30-4)12-15-5-7-16(8-6-15)18-11-17(23)9-10-19(18)24/h5-11,14,20,28H,12-13H2,1-4H3/t20-/m1/s1. The molecular formula is C22H26ClFN2O5. The van der Waals surface area contributed by atoms with Gasteiger partial charge in [0.25, 0.3) is 0 Å². The van der Waals surface area contributed by atoms with E-state index in [0.717, 1.165) is 17.8 Å². The van der Waals surface area contributed by atoms with Gasteiger partial charge in [-0.3, -0.25) is 4.79 Å². The number of hydroxylamine groups is 1. The lowest BCUT2D eigenvalue weighted by atomic mass is 10.0. The SMILES string of the molecule is COC(=O)[C@H](O)CN(Cc1ccc(-c2cc(Cl)ccc2F)cc1)N(C=O)OC(C)(C)C. The summed E-state index contributed by atoms with van der Waals surface area (Å²) in [6.45, 7) is 5.15. The van der Waals surface area contributed by atoms with Crippen molar-refractivity contribution in [3.05, 3.63) is 58.9 Å². The van der Waals surface area contributed by atoms with Gasteiger partial charge in [0.1, 0.15) is 5.82 Å². The molecule has 1 atom stereocenters. The van der Waals surface area contributed by atoms with Gasteiger partial charge in [-0.15, -0.1) is 5.17 Å². The summed E-state index contributed by atoms with van der Waals surface area (Å²) in [6, 6.07) is 11.2. The number of nitrogens with zero attached hydrogens (tertiary/aromatic N) is 2. The molecule has 31 heavy (non-hydrogen) atoms. The summed E-state index contributed by atoms with van der Waals surface area (Å²) in [5, 5.41) is 12.8. The lowest BCUT2D eigenvalue weighted by Crippen LogP contribution is -2.49. The van der Waals surface area contributed by atoms with Gasteiger partial charge in [0.2, 0.25) is 6.41 Å². The highest BCUT2D eigenvalue weighted by molar-refractivity contribution is 6.30. The molecule has 0 saturated carbocycles. The average Bonchev–Trinajstić information content (AvgIpc) is 2.72. The number of carbonyl (C=O) groups excluding carboxylic acids is 2. The van der Waals surface area contributed by atoms with Crippen LogP contribution in [0.5, 0.6) is 0 Å². The van der Waals surface area contributed by atoms with Crippen LogP contribution >= 0.6 is 11.6 Å². The van der Waals surface area contributed by atoms with Crippen molar-refractivity contribution < 1.29 is 28.7 Å². The lowest BCUT2D eigenvalue weighted by molar-refractivity contribution is -0.306. The number of rotatable bonds is 9. The normalized spacial score (nSPS) is 12.5. The van der Waals surface area contributed by atoms with E-state index in [1.165, 1.54) is 23.2 Å². The Hall–Kier alpha value is -2.52. The summed E-state index contributed by atoms with van der Waals surface area (Å²) in [4.78, 5) is 28.9. The fraction of sp³-hybridized carbons (Fsp3) is 0.364. The zero-order valence-corrected chi connectivity index (χ0v) is 18.6. The Kier molecular flexibility index (Phi) is 8.52. The van der Waals surface area contributed by atoms with Gasteiger partial charge >= 0.3 is 5.97 Å². The Morgan fingerprint density at radius 3 is 2.42 bits per heavy atom. The van der Waals surface area contributed by atoms with Crippen LogP contribution in [-0.2, 0) is 25.7 Å². The first-order valence-electron chi connectivity index (χ1n) is 9.53. The van der Waals surface area contributed by atoms with E-state index in [0.29, 0.717) is 22.6 Å². The van der Waals surface area contributed by atoms with E-state index in [1.807, 2.05) is 0 Å². The highest BCUT2D eigenvalue weighted by Gasteiger charge is 2.27. The topological polar surface area (TPSA) is 79.3 Å². The molecule has 168 valence electrons. The third-order valence-corrected chi connectivity index (χ3v) is 4.39. The van der Waals surface area contributed by atoms with Crippen molar-refractivity contribution in [2.45, 2.75) is 39.0 Å². The number of benzene rings is 2. The van der Waals surface area contributed by atoms with E-state index in [4.69, 9.17) is 16.4 Å². The number of aliphatic hydroxyl groups is 1. The molecule has 2 aromatic carbocycles. The number of hydrogen-bond acceptors (Lipinski definition) is 6. The third-order valence-electron chi connectivity index (χ3n) is 4.15. The van der Waals surface area contributed by atoms with Crippen LogP contribution in [0.3, 0.4) is 0 Å². The van der Waals surface area contributed by atoms with Crippen molar-refractivity contribution in [1.82, 2.24) is 10.2 Å². The molecule has 2 aromatic rings. The van der Waals surface area contributed by atoms with Crippen LogP contribution < -0.4 is 0 Å². The van der Waals surface area contributed by atoms with E-state index in [2.05, 4.69) is 4.74 Å². The number of halogens is 2. The summed E-state index contributed by atoms with van der Waals surface area (Å²) in [7, 11) is 1.16. The molecule has 2 rings (SSSR count). The lowest BCUT2D eigenvalue weighted by Gasteiger charge is -2.35. The largest absolute Gasteiger partial charge is 0.467 e. The van der Waals surface area contributed by atoms with Crippen LogP contribution in [-0.4, -0.2) is 53.0 Å². The summed E-state index contributed by atoms with van der Waals surface area (Å²) in [5.41, 5.74) is 1.02. The van der Waals surface area contributed by atoms with Crippen molar-refractivity contribution >= 4 is 24.0 Å². The second-order valence-electron chi connectivity index (χ2n) is 7.82. The first-order valence-corrected chi connectivity index (χ1v) is 9.90. The maximum Gasteiger partial charge on any atom is 0.336 e. The highest BCUT2D eigenvalue weighted by Crippen LogP contribution is 2.26. The second kappa shape index (κ2) is 10.7. The van der Waals surface area contributed by atoms with Gasteiger partial charge in [-0.2, -0.15) is 5.01 Å². The van der Waals surface area contributed by atoms with Crippen LogP contribution in [0.2, 0.25) is 5.02 Å². The Balaban J connectivity index is 2.27. The van der Waals surface area contributed by atoms with Crippen LogP contribution in [0.25, 0.3) is 11.1 Å². The monoisotopic (exact) mass is 452 g/mol. The number of hydrogen-bond donors (Lipinski definition) is 1. The fourth-order valence-electron chi connectivity index (χ4n) is 2.77. The smallest absolute Gasteiger partial charge is 0.336 e. The van der Waals surface area contributed by atoms with Gasteiger partial charge in [0.15, 0.2) is 6.10 Å². The molecule has 0 aliphatic carbocycles. The van der Waals surface area contributed by atoms with E-state index < -0.39 is 23.5 Å². The van der Waals surface area contributed by atoms with Gasteiger partial charge in [0, 0.05) is 17.1 Å². The Morgan fingerprint density at radius 2 is 1.87 bits per heavy atom. The molecule has 0 radical (unpaired) electrons. The van der Waals surface area contributed by atoms with Gasteiger partial charge in [-0.25, -0.2) is 14.0 Å². The Bertz CT molecular complexity index is 902. The van der Waals surface area contributed by atoms with Crippen molar-refractivity contribution in [1.29, 1.82) is 0 Å². The second-order valence-corrected chi connectivity index (χ2v) is 8.26. The molecule has 0 aromatic heterocycles. The minimum Gasteiger partial charge on any atom is -0.467 e. The molecule has 0 aliphatic heterocycles. The maximum absolute atomic E-state index is 14.1. The summed E-state index contributed by atoms with van der Waals surface area (Å²) in [5.74, 6) is -1.23. The number of aliphatic hydroxyl groups excluding tert-OH is 1. The maximum atomic E-state index is 14.1. The number of carbonyl (C=O) groups is 2. The molecule has 0 unspecified atom stereocenters. The number of methoxy groups -OCH3 is 1. The number of hydrazine groups is 1. The molecule has 0 saturated heterocycles. The molecular weight excluding hydrogens is 427 g/mol. The van der Waals surface area contributed by atoms with Gasteiger partial charge in [0.05, 0.1) is 19.3 Å². The third kappa shape index (κ3) is 7.29. The van der Waals surface area contributed by atoms with Gasteiger partial charge in [-0.1, -0.05) is 35.9 Å². The number of esters is 1. The quantitative estimate of drug-likeness (QED) is 0.356. The van der Waals surface area contributed by atoms with E-state index in [1.54, 1.807) is 45.0 Å².